The van der Waals surface area contributed by atoms with E-state index in [1.807, 2.05) is 54.6 Å². The third kappa shape index (κ3) is 2.84. The van der Waals surface area contributed by atoms with E-state index in [1.54, 1.807) is 18.7 Å². The van der Waals surface area contributed by atoms with Crippen molar-refractivity contribution < 1.29 is 9.47 Å². The summed E-state index contributed by atoms with van der Waals surface area (Å²) in [4.78, 5) is 26.2. The van der Waals surface area contributed by atoms with Crippen LogP contribution in [-0.2, 0) is 25.4 Å². The molecule has 4 aromatic rings. The first-order chi connectivity index (χ1) is 15.0. The summed E-state index contributed by atoms with van der Waals surface area (Å²) in [6, 6.07) is 17.5. The van der Waals surface area contributed by atoms with E-state index >= 15 is 0 Å². The predicted octanol–water partition coefficient (Wildman–Crippen LogP) is 2.83. The number of rotatable bonds is 3. The average Bonchev–Trinajstić information content (AvgIpc) is 3.17. The number of ether oxygens (including phenoxy) is 2. The van der Waals surface area contributed by atoms with Gasteiger partial charge in [-0.1, -0.05) is 42.5 Å². The van der Waals surface area contributed by atoms with Crippen molar-refractivity contribution in [2.75, 3.05) is 13.7 Å². The van der Waals surface area contributed by atoms with Gasteiger partial charge in [0.05, 0.1) is 36.0 Å². The molecule has 0 saturated heterocycles. The van der Waals surface area contributed by atoms with Crippen LogP contribution in [0, 0.1) is 0 Å². The van der Waals surface area contributed by atoms with Crippen LogP contribution in [0.1, 0.15) is 17.4 Å². The second-order valence-electron chi connectivity index (χ2n) is 7.71. The smallest absolute Gasteiger partial charge is 0.331 e. The lowest BCUT2D eigenvalue weighted by molar-refractivity contribution is 0.0477. The van der Waals surface area contributed by atoms with Crippen molar-refractivity contribution in [3.63, 3.8) is 0 Å². The second kappa shape index (κ2) is 7.28. The topological polar surface area (TPSA) is 67.4 Å². The second-order valence-corrected chi connectivity index (χ2v) is 7.71. The Morgan fingerprint density at radius 1 is 1.00 bits per heavy atom. The highest BCUT2D eigenvalue weighted by molar-refractivity contribution is 5.96. The van der Waals surface area contributed by atoms with E-state index in [-0.39, 0.29) is 11.2 Å². The molecule has 3 heterocycles. The van der Waals surface area contributed by atoms with Crippen LogP contribution in [0.25, 0.3) is 22.2 Å². The van der Waals surface area contributed by atoms with Crippen molar-refractivity contribution in [1.82, 2.24) is 13.7 Å². The normalized spacial score (nSPS) is 15.8. The van der Waals surface area contributed by atoms with Gasteiger partial charge < -0.3 is 14.0 Å². The van der Waals surface area contributed by atoms with Gasteiger partial charge in [-0.05, 0) is 23.3 Å². The summed E-state index contributed by atoms with van der Waals surface area (Å²) in [6.45, 7) is 1.08. The molecule has 0 fully saturated rings. The average molecular weight is 417 g/mol. The molecule has 0 saturated carbocycles. The molecule has 0 amide bonds. The fraction of sp³-hybridized carbons (Fsp3) is 0.250. The molecule has 7 heteroatoms. The molecule has 1 aliphatic heterocycles. The third-order valence-corrected chi connectivity index (χ3v) is 6.00. The van der Waals surface area contributed by atoms with Gasteiger partial charge in [0.1, 0.15) is 11.9 Å². The van der Waals surface area contributed by atoms with Crippen LogP contribution >= 0.6 is 0 Å². The summed E-state index contributed by atoms with van der Waals surface area (Å²) in [5, 5.41) is 0.532. The third-order valence-electron chi connectivity index (χ3n) is 6.00. The summed E-state index contributed by atoms with van der Waals surface area (Å²) in [5.74, 6) is 0.724. The molecule has 0 N–H and O–H groups in total. The van der Waals surface area contributed by atoms with Crippen LogP contribution in [0.15, 0.2) is 64.2 Å². The predicted molar refractivity (Wildman–Crippen MR) is 119 cm³/mol. The zero-order valence-corrected chi connectivity index (χ0v) is 17.7. The van der Waals surface area contributed by atoms with Crippen molar-refractivity contribution in [2.45, 2.75) is 12.6 Å². The summed E-state index contributed by atoms with van der Waals surface area (Å²) in [5.41, 5.74) is 3.42. The van der Waals surface area contributed by atoms with Crippen LogP contribution in [0.4, 0.5) is 0 Å². The Kier molecular flexibility index (Phi) is 4.55. The number of aryl methyl sites for hydroxylation is 1. The van der Waals surface area contributed by atoms with E-state index in [0.29, 0.717) is 24.1 Å². The van der Waals surface area contributed by atoms with Crippen LogP contribution < -0.4 is 16.0 Å². The van der Waals surface area contributed by atoms with Crippen LogP contribution in [0.2, 0.25) is 0 Å². The molecule has 1 aliphatic rings. The van der Waals surface area contributed by atoms with Crippen LogP contribution in [-0.4, -0.2) is 27.4 Å². The maximum atomic E-state index is 13.3. The van der Waals surface area contributed by atoms with Crippen LogP contribution in [0.3, 0.4) is 0 Å². The standard InChI is InChI=1S/C24H23N3O4/c1-25-20-18(23(28)26(2)24(25)29)19(15-8-5-4-6-9-15)27-12-13-31-22(21(20)27)16-10-7-11-17(14-16)30-3/h4-11,14,22H,12-13H2,1-3H3. The first kappa shape index (κ1) is 19.4. The summed E-state index contributed by atoms with van der Waals surface area (Å²) >= 11 is 0. The lowest BCUT2D eigenvalue weighted by Crippen LogP contribution is -2.37. The van der Waals surface area contributed by atoms with E-state index in [0.717, 1.165) is 28.3 Å². The van der Waals surface area contributed by atoms with Crippen molar-refractivity contribution in [1.29, 1.82) is 0 Å². The molecular weight excluding hydrogens is 394 g/mol. The fourth-order valence-electron chi connectivity index (χ4n) is 4.53. The molecule has 5 rings (SSSR count). The minimum absolute atomic E-state index is 0.303. The van der Waals surface area contributed by atoms with E-state index in [2.05, 4.69) is 4.57 Å². The largest absolute Gasteiger partial charge is 0.497 e. The molecular formula is C24H23N3O4. The molecule has 0 aliphatic carbocycles. The number of hydrogen-bond acceptors (Lipinski definition) is 4. The molecule has 2 aromatic carbocycles. The number of benzene rings is 2. The van der Waals surface area contributed by atoms with Gasteiger partial charge in [-0.2, -0.15) is 0 Å². The number of fused-ring (bicyclic) bond motifs is 3. The maximum absolute atomic E-state index is 13.3. The van der Waals surface area contributed by atoms with Gasteiger partial charge in [0.2, 0.25) is 0 Å². The first-order valence-electron chi connectivity index (χ1n) is 10.2. The fourth-order valence-corrected chi connectivity index (χ4v) is 4.53. The van der Waals surface area contributed by atoms with Crippen molar-refractivity contribution in [3.05, 3.63) is 86.7 Å². The molecule has 31 heavy (non-hydrogen) atoms. The zero-order valence-electron chi connectivity index (χ0n) is 17.7. The molecule has 1 atom stereocenters. The van der Waals surface area contributed by atoms with Crippen LogP contribution in [0.5, 0.6) is 5.75 Å². The van der Waals surface area contributed by atoms with Gasteiger partial charge in [-0.25, -0.2) is 4.79 Å². The lowest BCUT2D eigenvalue weighted by Gasteiger charge is -2.28. The SMILES string of the molecule is COc1cccc(C2OCCn3c(-c4ccccc4)c4c(=O)n(C)c(=O)n(C)c4c32)c1. The molecule has 0 radical (unpaired) electrons. The Morgan fingerprint density at radius 2 is 1.77 bits per heavy atom. The van der Waals surface area contributed by atoms with Gasteiger partial charge >= 0.3 is 5.69 Å². The summed E-state index contributed by atoms with van der Waals surface area (Å²) < 4.78 is 16.5. The Hall–Kier alpha value is -3.58. The minimum Gasteiger partial charge on any atom is -0.497 e. The van der Waals surface area contributed by atoms with Gasteiger partial charge in [0, 0.05) is 20.6 Å². The highest BCUT2D eigenvalue weighted by atomic mass is 16.5. The summed E-state index contributed by atoms with van der Waals surface area (Å²) in [6.07, 6.45) is -0.429. The number of nitrogens with zero attached hydrogens (tertiary/aromatic N) is 3. The molecule has 2 aromatic heterocycles. The number of methoxy groups -OCH3 is 1. The van der Waals surface area contributed by atoms with Gasteiger partial charge in [-0.15, -0.1) is 0 Å². The Morgan fingerprint density at radius 3 is 2.52 bits per heavy atom. The monoisotopic (exact) mass is 417 g/mol. The minimum atomic E-state index is -0.429. The van der Waals surface area contributed by atoms with Crippen molar-refractivity contribution >= 4 is 10.9 Å². The van der Waals surface area contributed by atoms with Crippen molar-refractivity contribution in [2.24, 2.45) is 14.1 Å². The Balaban J connectivity index is 1.93. The first-order valence-corrected chi connectivity index (χ1v) is 10.2. The molecule has 158 valence electrons. The molecule has 0 bridgehead atoms. The lowest BCUT2D eigenvalue weighted by atomic mass is 10.0. The molecule has 1 unspecified atom stereocenters. The number of aromatic nitrogens is 3. The van der Waals surface area contributed by atoms with Gasteiger partial charge in [0.25, 0.3) is 5.56 Å². The summed E-state index contributed by atoms with van der Waals surface area (Å²) in [7, 11) is 4.85. The van der Waals surface area contributed by atoms with Gasteiger partial charge in [-0.3, -0.25) is 13.9 Å². The van der Waals surface area contributed by atoms with E-state index < -0.39 is 6.10 Å². The highest BCUT2D eigenvalue weighted by Gasteiger charge is 2.33. The number of hydrogen-bond donors (Lipinski definition) is 0. The Bertz CT molecular complexity index is 1410. The quantitative estimate of drug-likeness (QED) is 0.514. The molecule has 0 spiro atoms. The van der Waals surface area contributed by atoms with E-state index in [1.165, 1.54) is 11.6 Å². The molecule has 7 nitrogen and oxygen atoms in total. The van der Waals surface area contributed by atoms with E-state index in [9.17, 15) is 9.59 Å². The van der Waals surface area contributed by atoms with E-state index in [4.69, 9.17) is 9.47 Å². The van der Waals surface area contributed by atoms with Gasteiger partial charge in [0.15, 0.2) is 0 Å². The maximum Gasteiger partial charge on any atom is 0.331 e. The zero-order chi connectivity index (χ0) is 21.7. The highest BCUT2D eigenvalue weighted by Crippen LogP contribution is 2.40. The Labute approximate surface area is 178 Å². The van der Waals surface area contributed by atoms with Crippen molar-refractivity contribution in [3.8, 4) is 17.0 Å².